The van der Waals surface area contributed by atoms with E-state index in [1.54, 1.807) is 18.2 Å². The molecule has 4 aromatic rings. The molecule has 0 aliphatic carbocycles. The molecule has 0 saturated carbocycles. The summed E-state index contributed by atoms with van der Waals surface area (Å²) >= 11 is 7.19. The van der Waals surface area contributed by atoms with Gasteiger partial charge in [-0.05, 0) is 24.3 Å². The number of halogens is 1. The average Bonchev–Trinajstić information content (AvgIpc) is 3.11. The van der Waals surface area contributed by atoms with E-state index in [4.69, 9.17) is 11.6 Å². The second kappa shape index (κ2) is 7.57. The first-order valence-electron chi connectivity index (χ1n) is 8.36. The highest BCUT2D eigenvalue weighted by atomic mass is 35.5. The van der Waals surface area contributed by atoms with Gasteiger partial charge in [-0.25, -0.2) is 9.97 Å². The van der Waals surface area contributed by atoms with Gasteiger partial charge in [0.05, 0.1) is 38.9 Å². The molecule has 2 heterocycles. The minimum Gasteiger partial charge on any atom is -0.348 e. The average molecular weight is 430 g/mol. The second-order valence-electron chi connectivity index (χ2n) is 6.13. The Balaban J connectivity index is 1.47. The van der Waals surface area contributed by atoms with Crippen LogP contribution in [0, 0.1) is 10.1 Å². The number of nitrogens with zero attached hydrogens (tertiary/aromatic N) is 4. The van der Waals surface area contributed by atoms with Crippen molar-refractivity contribution in [2.24, 2.45) is 0 Å². The zero-order chi connectivity index (χ0) is 20.5. The Hall–Kier alpha value is -3.37. The van der Waals surface area contributed by atoms with Gasteiger partial charge in [0.1, 0.15) is 11.6 Å². The fourth-order valence-corrected chi connectivity index (χ4v) is 3.89. The van der Waals surface area contributed by atoms with E-state index in [0.717, 1.165) is 0 Å². The van der Waals surface area contributed by atoms with Gasteiger partial charge in [0.25, 0.3) is 11.2 Å². The summed E-state index contributed by atoms with van der Waals surface area (Å²) in [5, 5.41) is 14.9. The van der Waals surface area contributed by atoms with E-state index in [-0.39, 0.29) is 30.2 Å². The molecular formula is C18H12ClN5O4S. The number of hydrogen-bond acceptors (Lipinski definition) is 7. The summed E-state index contributed by atoms with van der Waals surface area (Å²) in [5.41, 5.74) is 0.747. The van der Waals surface area contributed by atoms with Gasteiger partial charge in [-0.2, -0.15) is 0 Å². The predicted molar refractivity (Wildman–Crippen MR) is 109 cm³/mol. The molecule has 2 aromatic heterocycles. The fourth-order valence-electron chi connectivity index (χ4n) is 2.78. The fraction of sp³-hybridized carbons (Fsp3) is 0.111. The highest BCUT2D eigenvalue weighted by Gasteiger charge is 2.12. The molecule has 0 saturated heterocycles. The van der Waals surface area contributed by atoms with Crippen molar-refractivity contribution < 1.29 is 9.72 Å². The lowest BCUT2D eigenvalue weighted by atomic mass is 10.2. The number of carbonyl (C=O) groups excluding carboxylic acids is 1. The summed E-state index contributed by atoms with van der Waals surface area (Å²) in [6.45, 7) is -0.0573. The van der Waals surface area contributed by atoms with E-state index >= 15 is 0 Å². The highest BCUT2D eigenvalue weighted by Crippen LogP contribution is 2.26. The van der Waals surface area contributed by atoms with Gasteiger partial charge < -0.3 is 5.32 Å². The van der Waals surface area contributed by atoms with Gasteiger partial charge >= 0.3 is 0 Å². The SMILES string of the molecule is O=C(Cn1cnc2ccc(Cl)cc2c1=O)NCc1nc2ccc([N+](=O)[O-])cc2s1. The minimum atomic E-state index is -0.469. The Morgan fingerprint density at radius 2 is 2.03 bits per heavy atom. The van der Waals surface area contributed by atoms with Crippen molar-refractivity contribution in [2.45, 2.75) is 13.1 Å². The second-order valence-corrected chi connectivity index (χ2v) is 7.68. The normalized spacial score (nSPS) is 11.1. The van der Waals surface area contributed by atoms with Gasteiger partial charge in [0.15, 0.2) is 0 Å². The Kier molecular flexibility index (Phi) is 4.95. The van der Waals surface area contributed by atoms with Crippen LogP contribution in [0.1, 0.15) is 5.01 Å². The maximum atomic E-state index is 12.5. The largest absolute Gasteiger partial charge is 0.348 e. The maximum Gasteiger partial charge on any atom is 0.270 e. The Bertz CT molecular complexity index is 1330. The number of carbonyl (C=O) groups is 1. The minimum absolute atomic E-state index is 0.0139. The van der Waals surface area contributed by atoms with Crippen molar-refractivity contribution in [2.75, 3.05) is 0 Å². The molecular weight excluding hydrogens is 418 g/mol. The molecule has 11 heteroatoms. The standard InChI is InChI=1S/C18H12ClN5O4S/c19-10-1-3-13-12(5-10)18(26)23(9-21-13)8-16(25)20-7-17-22-14-4-2-11(24(27)28)6-15(14)29-17/h1-6,9H,7-8H2,(H,20,25). The van der Waals surface area contributed by atoms with Crippen LogP contribution in [0.3, 0.4) is 0 Å². The first kappa shape index (κ1) is 19.0. The van der Waals surface area contributed by atoms with Gasteiger partial charge in [-0.15, -0.1) is 11.3 Å². The third-order valence-corrected chi connectivity index (χ3v) is 5.42. The predicted octanol–water partition coefficient (Wildman–Crippen LogP) is 2.88. The smallest absolute Gasteiger partial charge is 0.270 e. The van der Waals surface area contributed by atoms with Gasteiger partial charge in [-0.3, -0.25) is 24.3 Å². The number of benzene rings is 2. The topological polar surface area (TPSA) is 120 Å². The molecule has 146 valence electrons. The molecule has 1 N–H and O–H groups in total. The summed E-state index contributed by atoms with van der Waals surface area (Å²) in [4.78, 5) is 43.7. The molecule has 1 amide bonds. The molecule has 0 bridgehead atoms. The van der Waals surface area contributed by atoms with Crippen LogP contribution in [-0.4, -0.2) is 25.4 Å². The number of non-ortho nitro benzene ring substituents is 1. The van der Waals surface area contributed by atoms with Crippen LogP contribution in [0.4, 0.5) is 5.69 Å². The quantitative estimate of drug-likeness (QED) is 0.384. The molecule has 4 rings (SSSR count). The van der Waals surface area contributed by atoms with Crippen molar-refractivity contribution >= 4 is 55.7 Å². The lowest BCUT2D eigenvalue weighted by Crippen LogP contribution is -2.32. The van der Waals surface area contributed by atoms with Crippen LogP contribution >= 0.6 is 22.9 Å². The molecule has 0 unspecified atom stereocenters. The summed E-state index contributed by atoms with van der Waals surface area (Å²) in [7, 11) is 0. The van der Waals surface area contributed by atoms with Crippen LogP contribution in [-0.2, 0) is 17.9 Å². The van der Waals surface area contributed by atoms with Crippen LogP contribution < -0.4 is 10.9 Å². The van der Waals surface area contributed by atoms with Crippen molar-refractivity contribution in [1.29, 1.82) is 0 Å². The lowest BCUT2D eigenvalue weighted by molar-refractivity contribution is -0.384. The number of rotatable bonds is 5. The molecule has 0 aliphatic heterocycles. The lowest BCUT2D eigenvalue weighted by Gasteiger charge is -2.07. The van der Waals surface area contributed by atoms with Gasteiger partial charge in [0.2, 0.25) is 5.91 Å². The van der Waals surface area contributed by atoms with E-state index < -0.39 is 4.92 Å². The van der Waals surface area contributed by atoms with Crippen molar-refractivity contribution in [3.8, 4) is 0 Å². The molecule has 2 aromatic carbocycles. The van der Waals surface area contributed by atoms with Crippen LogP contribution in [0.2, 0.25) is 5.02 Å². The highest BCUT2D eigenvalue weighted by molar-refractivity contribution is 7.18. The number of thiazole rings is 1. The summed E-state index contributed by atoms with van der Waals surface area (Å²) in [6, 6.07) is 9.20. The number of nitro groups is 1. The van der Waals surface area contributed by atoms with Gasteiger partial charge in [-0.1, -0.05) is 11.6 Å². The monoisotopic (exact) mass is 429 g/mol. The third kappa shape index (κ3) is 3.93. The number of aromatic nitrogens is 3. The Morgan fingerprint density at radius 3 is 2.83 bits per heavy atom. The third-order valence-electron chi connectivity index (χ3n) is 4.16. The van der Waals surface area contributed by atoms with E-state index in [1.165, 1.54) is 40.4 Å². The van der Waals surface area contributed by atoms with Crippen LogP contribution in [0.15, 0.2) is 47.5 Å². The number of nitro benzene ring substituents is 1. The first-order valence-corrected chi connectivity index (χ1v) is 9.55. The Labute approximate surface area is 171 Å². The number of hydrogen-bond donors (Lipinski definition) is 1. The zero-order valence-corrected chi connectivity index (χ0v) is 16.2. The van der Waals surface area contributed by atoms with E-state index in [9.17, 15) is 19.7 Å². The molecule has 9 nitrogen and oxygen atoms in total. The maximum absolute atomic E-state index is 12.5. The van der Waals surface area contributed by atoms with Crippen LogP contribution in [0.5, 0.6) is 0 Å². The number of nitrogens with one attached hydrogen (secondary N) is 1. The summed E-state index contributed by atoms with van der Waals surface area (Å²) in [5.74, 6) is -0.388. The van der Waals surface area contributed by atoms with Crippen molar-refractivity contribution in [1.82, 2.24) is 19.9 Å². The molecule has 0 aliphatic rings. The van der Waals surface area contributed by atoms with E-state index in [0.29, 0.717) is 31.1 Å². The van der Waals surface area contributed by atoms with Crippen molar-refractivity contribution in [3.63, 3.8) is 0 Å². The molecule has 0 spiro atoms. The van der Waals surface area contributed by atoms with E-state index in [1.807, 2.05) is 0 Å². The molecule has 0 atom stereocenters. The molecule has 0 radical (unpaired) electrons. The van der Waals surface area contributed by atoms with Crippen LogP contribution in [0.25, 0.3) is 21.1 Å². The molecule has 0 fully saturated rings. The van der Waals surface area contributed by atoms with E-state index in [2.05, 4.69) is 15.3 Å². The zero-order valence-electron chi connectivity index (χ0n) is 14.7. The number of amides is 1. The summed E-state index contributed by atoms with van der Waals surface area (Å²) < 4.78 is 1.87. The Morgan fingerprint density at radius 1 is 1.24 bits per heavy atom. The summed E-state index contributed by atoms with van der Waals surface area (Å²) in [6.07, 6.45) is 1.31. The van der Waals surface area contributed by atoms with Gasteiger partial charge in [0, 0.05) is 17.2 Å². The molecule has 29 heavy (non-hydrogen) atoms. The first-order chi connectivity index (χ1) is 13.9. The number of fused-ring (bicyclic) bond motifs is 2. The van der Waals surface area contributed by atoms with Crippen molar-refractivity contribution in [3.05, 3.63) is 73.2 Å².